The van der Waals surface area contributed by atoms with E-state index in [1.165, 1.54) is 0 Å². The van der Waals surface area contributed by atoms with Crippen molar-refractivity contribution < 1.29 is 9.53 Å². The lowest BCUT2D eigenvalue weighted by molar-refractivity contribution is -0.123. The van der Waals surface area contributed by atoms with Crippen LogP contribution < -0.4 is 5.32 Å². The summed E-state index contributed by atoms with van der Waals surface area (Å²) < 4.78 is 4.92. The first-order chi connectivity index (χ1) is 7.79. The van der Waals surface area contributed by atoms with Gasteiger partial charge in [-0.15, -0.1) is 0 Å². The Morgan fingerprint density at radius 2 is 2.06 bits per heavy atom. The third-order valence-corrected chi connectivity index (χ3v) is 3.10. The molecule has 1 aliphatic carbocycles. The topological polar surface area (TPSA) is 38.3 Å². The second kappa shape index (κ2) is 4.66. The fourth-order valence-electron chi connectivity index (χ4n) is 1.96. The number of carbonyl (C=O) groups is 1. The summed E-state index contributed by atoms with van der Waals surface area (Å²) in [7, 11) is 1.64. The van der Waals surface area contributed by atoms with Crippen LogP contribution in [0.4, 0.5) is 0 Å². The van der Waals surface area contributed by atoms with Crippen molar-refractivity contribution in [2.24, 2.45) is 0 Å². The lowest BCUT2D eigenvalue weighted by Gasteiger charge is -2.15. The van der Waals surface area contributed by atoms with E-state index in [1.807, 2.05) is 30.3 Å². The highest BCUT2D eigenvalue weighted by Crippen LogP contribution is 2.48. The zero-order valence-electron chi connectivity index (χ0n) is 9.53. The molecule has 1 aromatic carbocycles. The van der Waals surface area contributed by atoms with Gasteiger partial charge in [0.2, 0.25) is 5.91 Å². The van der Waals surface area contributed by atoms with Crippen LogP contribution in [0.25, 0.3) is 0 Å². The Morgan fingerprint density at radius 3 is 2.62 bits per heavy atom. The average Bonchev–Trinajstić information content (AvgIpc) is 3.12. The largest absolute Gasteiger partial charge is 0.383 e. The first-order valence-electron chi connectivity index (χ1n) is 5.62. The number of methoxy groups -OCH3 is 1. The van der Waals surface area contributed by atoms with Gasteiger partial charge in [0.25, 0.3) is 0 Å². The van der Waals surface area contributed by atoms with Crippen LogP contribution in [0, 0.1) is 0 Å². The van der Waals surface area contributed by atoms with Crippen molar-refractivity contribution in [1.82, 2.24) is 5.32 Å². The number of benzene rings is 1. The Labute approximate surface area is 95.8 Å². The molecule has 1 fully saturated rings. The third-order valence-electron chi connectivity index (χ3n) is 3.10. The summed E-state index contributed by atoms with van der Waals surface area (Å²) in [6.45, 7) is 1.15. The predicted octanol–water partition coefficient (Wildman–Crippen LogP) is 1.48. The molecule has 1 saturated carbocycles. The van der Waals surface area contributed by atoms with Crippen molar-refractivity contribution in [2.45, 2.75) is 18.3 Å². The molecule has 0 radical (unpaired) electrons. The molecule has 0 saturated heterocycles. The molecule has 1 aliphatic rings. The molecule has 1 aromatic rings. The normalized spacial score (nSPS) is 16.8. The van der Waals surface area contributed by atoms with E-state index in [4.69, 9.17) is 4.74 Å². The van der Waals surface area contributed by atoms with Crippen LogP contribution in [0.5, 0.6) is 0 Å². The highest BCUT2D eigenvalue weighted by atomic mass is 16.5. The Bertz CT molecular complexity index is 357. The maximum Gasteiger partial charge on any atom is 0.230 e. The van der Waals surface area contributed by atoms with E-state index in [0.29, 0.717) is 13.2 Å². The molecule has 0 heterocycles. The molecular weight excluding hydrogens is 202 g/mol. The average molecular weight is 219 g/mol. The van der Waals surface area contributed by atoms with E-state index in [-0.39, 0.29) is 11.3 Å². The van der Waals surface area contributed by atoms with Crippen molar-refractivity contribution in [3.63, 3.8) is 0 Å². The molecule has 3 nitrogen and oxygen atoms in total. The third kappa shape index (κ3) is 2.09. The van der Waals surface area contributed by atoms with E-state index in [0.717, 1.165) is 18.4 Å². The molecule has 0 unspecified atom stereocenters. The van der Waals surface area contributed by atoms with Gasteiger partial charge in [0.05, 0.1) is 12.0 Å². The summed E-state index contributed by atoms with van der Waals surface area (Å²) >= 11 is 0. The summed E-state index contributed by atoms with van der Waals surface area (Å²) in [4.78, 5) is 12.0. The summed E-state index contributed by atoms with van der Waals surface area (Å²) in [5.74, 6) is 0.135. The van der Waals surface area contributed by atoms with Crippen LogP contribution in [0.1, 0.15) is 18.4 Å². The lowest BCUT2D eigenvalue weighted by atomic mass is 9.95. The summed E-state index contributed by atoms with van der Waals surface area (Å²) in [6, 6.07) is 10.0. The van der Waals surface area contributed by atoms with E-state index in [9.17, 15) is 4.79 Å². The highest BCUT2D eigenvalue weighted by Gasteiger charge is 2.50. The van der Waals surface area contributed by atoms with E-state index < -0.39 is 0 Å². The number of carbonyl (C=O) groups excluding carboxylic acids is 1. The smallest absolute Gasteiger partial charge is 0.230 e. The van der Waals surface area contributed by atoms with Gasteiger partial charge in [0, 0.05) is 13.7 Å². The number of nitrogens with one attached hydrogen (secondary N) is 1. The van der Waals surface area contributed by atoms with Crippen molar-refractivity contribution in [2.75, 3.05) is 20.3 Å². The maximum absolute atomic E-state index is 12.0. The van der Waals surface area contributed by atoms with E-state index >= 15 is 0 Å². The Hall–Kier alpha value is -1.35. The second-order valence-corrected chi connectivity index (χ2v) is 4.20. The van der Waals surface area contributed by atoms with Gasteiger partial charge in [-0.2, -0.15) is 0 Å². The lowest BCUT2D eigenvalue weighted by Crippen LogP contribution is -2.36. The molecule has 0 aliphatic heterocycles. The number of hydrogen-bond donors (Lipinski definition) is 1. The van der Waals surface area contributed by atoms with Crippen LogP contribution in [-0.2, 0) is 14.9 Å². The van der Waals surface area contributed by atoms with Crippen molar-refractivity contribution in [1.29, 1.82) is 0 Å². The summed E-state index contributed by atoms with van der Waals surface area (Å²) in [5, 5.41) is 2.92. The van der Waals surface area contributed by atoms with Gasteiger partial charge in [0.1, 0.15) is 0 Å². The molecule has 0 spiro atoms. The second-order valence-electron chi connectivity index (χ2n) is 4.20. The van der Waals surface area contributed by atoms with Crippen LogP contribution >= 0.6 is 0 Å². The molecule has 0 atom stereocenters. The first-order valence-corrected chi connectivity index (χ1v) is 5.62. The quantitative estimate of drug-likeness (QED) is 0.762. The molecule has 86 valence electrons. The molecule has 2 rings (SSSR count). The van der Waals surface area contributed by atoms with Crippen LogP contribution in [-0.4, -0.2) is 26.2 Å². The van der Waals surface area contributed by atoms with Gasteiger partial charge in [-0.25, -0.2) is 0 Å². The molecule has 16 heavy (non-hydrogen) atoms. The number of ether oxygens (including phenoxy) is 1. The van der Waals surface area contributed by atoms with Gasteiger partial charge in [-0.05, 0) is 18.4 Å². The Balaban J connectivity index is 2.00. The van der Waals surface area contributed by atoms with Gasteiger partial charge in [-0.1, -0.05) is 30.3 Å². The van der Waals surface area contributed by atoms with Gasteiger partial charge >= 0.3 is 0 Å². The number of rotatable bonds is 5. The maximum atomic E-state index is 12.0. The molecule has 1 amide bonds. The Kier molecular flexibility index (Phi) is 3.25. The SMILES string of the molecule is COCCNC(=O)C1(c2ccccc2)CC1. The molecule has 1 N–H and O–H groups in total. The fraction of sp³-hybridized carbons (Fsp3) is 0.462. The first kappa shape index (κ1) is 11.1. The van der Waals surface area contributed by atoms with Crippen LogP contribution in [0.15, 0.2) is 30.3 Å². The Morgan fingerprint density at radius 1 is 1.38 bits per heavy atom. The standard InChI is InChI=1S/C13H17NO2/c1-16-10-9-14-12(15)13(7-8-13)11-5-3-2-4-6-11/h2-6H,7-10H2,1H3,(H,14,15). The predicted molar refractivity (Wildman–Crippen MR) is 62.2 cm³/mol. The molecule has 3 heteroatoms. The van der Waals surface area contributed by atoms with Gasteiger partial charge in [-0.3, -0.25) is 4.79 Å². The molecule has 0 aromatic heterocycles. The minimum atomic E-state index is -0.255. The summed E-state index contributed by atoms with van der Waals surface area (Å²) in [5.41, 5.74) is 0.875. The minimum absolute atomic E-state index is 0.135. The fourth-order valence-corrected chi connectivity index (χ4v) is 1.96. The molecular formula is C13H17NO2. The van der Waals surface area contributed by atoms with Crippen molar-refractivity contribution in [3.8, 4) is 0 Å². The zero-order chi connectivity index (χ0) is 11.4. The van der Waals surface area contributed by atoms with E-state index in [2.05, 4.69) is 5.32 Å². The van der Waals surface area contributed by atoms with Crippen molar-refractivity contribution >= 4 is 5.91 Å². The zero-order valence-corrected chi connectivity index (χ0v) is 9.53. The van der Waals surface area contributed by atoms with Crippen LogP contribution in [0.3, 0.4) is 0 Å². The van der Waals surface area contributed by atoms with Crippen molar-refractivity contribution in [3.05, 3.63) is 35.9 Å². The highest BCUT2D eigenvalue weighted by molar-refractivity contribution is 5.91. The number of amides is 1. The van der Waals surface area contributed by atoms with Gasteiger partial charge in [0.15, 0.2) is 0 Å². The minimum Gasteiger partial charge on any atom is -0.383 e. The van der Waals surface area contributed by atoms with E-state index in [1.54, 1.807) is 7.11 Å². The monoisotopic (exact) mass is 219 g/mol. The number of hydrogen-bond acceptors (Lipinski definition) is 2. The van der Waals surface area contributed by atoms with Gasteiger partial charge < -0.3 is 10.1 Å². The van der Waals surface area contributed by atoms with Crippen LogP contribution in [0.2, 0.25) is 0 Å². The summed E-state index contributed by atoms with van der Waals surface area (Å²) in [6.07, 6.45) is 1.91. The molecule has 0 bridgehead atoms.